The molecule has 3 rings (SSSR count). The van der Waals surface area contributed by atoms with E-state index < -0.39 is 9.84 Å². The van der Waals surface area contributed by atoms with Gasteiger partial charge in [0.2, 0.25) is 15.0 Å². The van der Waals surface area contributed by atoms with E-state index in [1.54, 1.807) is 10.6 Å². The van der Waals surface area contributed by atoms with Gasteiger partial charge in [0.25, 0.3) is 5.56 Å². The second-order valence-electron chi connectivity index (χ2n) is 4.60. The van der Waals surface area contributed by atoms with Gasteiger partial charge in [-0.25, -0.2) is 13.4 Å². The minimum atomic E-state index is -3.49. The predicted octanol–water partition coefficient (Wildman–Crippen LogP) is 1.29. The van der Waals surface area contributed by atoms with Crippen LogP contribution in [0, 0.1) is 0 Å². The van der Waals surface area contributed by atoms with Crippen molar-refractivity contribution in [1.29, 1.82) is 0 Å². The van der Waals surface area contributed by atoms with E-state index in [-0.39, 0.29) is 16.8 Å². The Balaban J connectivity index is 2.41. The molecule has 6 nitrogen and oxygen atoms in total. The quantitative estimate of drug-likeness (QED) is 0.767. The van der Waals surface area contributed by atoms with Gasteiger partial charge in [0, 0.05) is 23.9 Å². The Morgan fingerprint density at radius 1 is 1.42 bits per heavy atom. The van der Waals surface area contributed by atoms with Crippen molar-refractivity contribution in [2.75, 3.05) is 6.26 Å². The van der Waals surface area contributed by atoms with Crippen LogP contribution in [0.15, 0.2) is 26.7 Å². The standard InChI is InChI=1S/C11H10BrN3O3S/c1-19(17,18)11-13-5-6-4-8(12)10(16)15(7-2-3-7)9(6)14-11/h4-5,7H,2-3H2,1H3. The third kappa shape index (κ3) is 2.18. The number of nitrogens with zero attached hydrogens (tertiary/aromatic N) is 3. The van der Waals surface area contributed by atoms with Crippen LogP contribution in [0.2, 0.25) is 0 Å². The highest BCUT2D eigenvalue weighted by Gasteiger charge is 2.28. The first-order valence-electron chi connectivity index (χ1n) is 5.66. The topological polar surface area (TPSA) is 81.9 Å². The van der Waals surface area contributed by atoms with Gasteiger partial charge in [0.05, 0.1) is 4.47 Å². The molecule has 1 aliphatic carbocycles. The van der Waals surface area contributed by atoms with Crippen LogP contribution in [0.25, 0.3) is 11.0 Å². The van der Waals surface area contributed by atoms with Crippen LogP contribution in [-0.2, 0) is 9.84 Å². The summed E-state index contributed by atoms with van der Waals surface area (Å²) in [4.78, 5) is 20.0. The molecule has 0 radical (unpaired) electrons. The molecule has 19 heavy (non-hydrogen) atoms. The molecular formula is C11H10BrN3O3S. The molecule has 0 spiro atoms. The molecule has 0 atom stereocenters. The largest absolute Gasteiger partial charge is 0.288 e. The lowest BCUT2D eigenvalue weighted by atomic mass is 10.3. The van der Waals surface area contributed by atoms with Crippen molar-refractivity contribution < 1.29 is 8.42 Å². The summed E-state index contributed by atoms with van der Waals surface area (Å²) in [5.41, 5.74) is 0.194. The average Bonchev–Trinajstić information content (AvgIpc) is 3.13. The van der Waals surface area contributed by atoms with Crippen molar-refractivity contribution in [1.82, 2.24) is 14.5 Å². The van der Waals surface area contributed by atoms with Crippen LogP contribution in [0.3, 0.4) is 0 Å². The Morgan fingerprint density at radius 2 is 2.11 bits per heavy atom. The maximum atomic E-state index is 12.1. The summed E-state index contributed by atoms with van der Waals surface area (Å²) in [5.74, 6) is 0. The summed E-state index contributed by atoms with van der Waals surface area (Å²) >= 11 is 3.21. The van der Waals surface area contributed by atoms with Crippen LogP contribution in [0.4, 0.5) is 0 Å². The zero-order valence-electron chi connectivity index (χ0n) is 10.00. The lowest BCUT2D eigenvalue weighted by Crippen LogP contribution is -2.21. The van der Waals surface area contributed by atoms with E-state index in [0.717, 1.165) is 19.1 Å². The fraction of sp³-hybridized carbons (Fsp3) is 0.364. The Bertz CT molecular complexity index is 840. The Hall–Kier alpha value is -1.28. The summed E-state index contributed by atoms with van der Waals surface area (Å²) in [5, 5.41) is 0.391. The van der Waals surface area contributed by atoms with E-state index in [0.29, 0.717) is 15.5 Å². The van der Waals surface area contributed by atoms with Gasteiger partial charge in [-0.05, 0) is 34.8 Å². The first-order chi connectivity index (χ1) is 8.88. The molecule has 0 bridgehead atoms. The molecule has 1 aliphatic rings. The number of aromatic nitrogens is 3. The summed E-state index contributed by atoms with van der Waals surface area (Å²) in [6.07, 6.45) is 4.29. The van der Waals surface area contributed by atoms with Crippen molar-refractivity contribution >= 4 is 36.8 Å². The molecule has 1 fully saturated rings. The third-order valence-electron chi connectivity index (χ3n) is 2.95. The summed E-state index contributed by atoms with van der Waals surface area (Å²) < 4.78 is 25.0. The van der Waals surface area contributed by atoms with Gasteiger partial charge in [-0.3, -0.25) is 9.36 Å². The zero-order chi connectivity index (χ0) is 13.8. The summed E-state index contributed by atoms with van der Waals surface area (Å²) in [6, 6.07) is 1.72. The molecule has 0 amide bonds. The highest BCUT2D eigenvalue weighted by Crippen LogP contribution is 2.35. The Kier molecular flexibility index (Phi) is 2.75. The first kappa shape index (κ1) is 12.7. The number of rotatable bonds is 2. The maximum absolute atomic E-state index is 12.1. The molecule has 100 valence electrons. The number of hydrogen-bond acceptors (Lipinski definition) is 5. The fourth-order valence-electron chi connectivity index (χ4n) is 1.92. The number of fused-ring (bicyclic) bond motifs is 1. The highest BCUT2D eigenvalue weighted by atomic mass is 79.9. The second-order valence-corrected chi connectivity index (χ2v) is 7.37. The van der Waals surface area contributed by atoms with Gasteiger partial charge in [0.15, 0.2) is 0 Å². The van der Waals surface area contributed by atoms with Gasteiger partial charge in [-0.1, -0.05) is 0 Å². The molecular weight excluding hydrogens is 334 g/mol. The monoisotopic (exact) mass is 343 g/mol. The van der Waals surface area contributed by atoms with E-state index in [1.165, 1.54) is 6.20 Å². The highest BCUT2D eigenvalue weighted by molar-refractivity contribution is 9.10. The molecule has 0 N–H and O–H groups in total. The number of halogens is 1. The van der Waals surface area contributed by atoms with Crippen molar-refractivity contribution in [3.05, 3.63) is 27.1 Å². The smallest absolute Gasteiger partial charge is 0.266 e. The Morgan fingerprint density at radius 3 is 2.68 bits per heavy atom. The molecule has 1 saturated carbocycles. The van der Waals surface area contributed by atoms with E-state index in [9.17, 15) is 13.2 Å². The second kappa shape index (κ2) is 4.11. The molecule has 8 heteroatoms. The molecule has 2 aromatic rings. The van der Waals surface area contributed by atoms with E-state index in [2.05, 4.69) is 25.9 Å². The maximum Gasteiger partial charge on any atom is 0.266 e. The summed E-state index contributed by atoms with van der Waals surface area (Å²) in [6.45, 7) is 0. The van der Waals surface area contributed by atoms with Crippen molar-refractivity contribution in [2.45, 2.75) is 24.0 Å². The van der Waals surface area contributed by atoms with Gasteiger partial charge >= 0.3 is 0 Å². The Labute approximate surface area is 117 Å². The third-order valence-corrected chi connectivity index (χ3v) is 4.38. The van der Waals surface area contributed by atoms with E-state index in [4.69, 9.17) is 0 Å². The van der Waals surface area contributed by atoms with E-state index >= 15 is 0 Å². The van der Waals surface area contributed by atoms with Crippen molar-refractivity contribution in [2.24, 2.45) is 0 Å². The van der Waals surface area contributed by atoms with E-state index in [1.807, 2.05) is 0 Å². The van der Waals surface area contributed by atoms with Gasteiger partial charge < -0.3 is 0 Å². The molecule has 0 aliphatic heterocycles. The fourth-order valence-corrected chi connectivity index (χ4v) is 2.86. The first-order valence-corrected chi connectivity index (χ1v) is 8.34. The van der Waals surface area contributed by atoms with Crippen LogP contribution < -0.4 is 5.56 Å². The summed E-state index contributed by atoms with van der Waals surface area (Å²) in [7, 11) is -3.49. The van der Waals surface area contributed by atoms with Crippen molar-refractivity contribution in [3.8, 4) is 0 Å². The molecule has 0 aromatic carbocycles. The van der Waals surface area contributed by atoms with Gasteiger partial charge in [-0.2, -0.15) is 4.98 Å². The molecule has 0 saturated heterocycles. The van der Waals surface area contributed by atoms with Crippen molar-refractivity contribution in [3.63, 3.8) is 0 Å². The SMILES string of the molecule is CS(=O)(=O)c1ncc2cc(Br)c(=O)n(C3CC3)c2n1. The zero-order valence-corrected chi connectivity index (χ0v) is 12.4. The molecule has 2 aromatic heterocycles. The molecule has 0 unspecified atom stereocenters. The van der Waals surface area contributed by atoms with Gasteiger partial charge in [0.1, 0.15) is 5.65 Å². The number of pyridine rings is 1. The van der Waals surface area contributed by atoms with Gasteiger partial charge in [-0.15, -0.1) is 0 Å². The van der Waals surface area contributed by atoms with Crippen LogP contribution in [0.5, 0.6) is 0 Å². The van der Waals surface area contributed by atoms with Crippen LogP contribution >= 0.6 is 15.9 Å². The number of hydrogen-bond donors (Lipinski definition) is 0. The lowest BCUT2D eigenvalue weighted by Gasteiger charge is -2.09. The number of sulfone groups is 1. The van der Waals surface area contributed by atoms with Crippen LogP contribution in [0.1, 0.15) is 18.9 Å². The normalized spacial score (nSPS) is 15.9. The lowest BCUT2D eigenvalue weighted by molar-refractivity contribution is 0.592. The predicted molar refractivity (Wildman–Crippen MR) is 72.9 cm³/mol. The van der Waals surface area contributed by atoms with Crippen LogP contribution in [-0.4, -0.2) is 29.2 Å². The average molecular weight is 344 g/mol. The minimum absolute atomic E-state index is 0.106. The molecule has 2 heterocycles. The minimum Gasteiger partial charge on any atom is -0.288 e.